The van der Waals surface area contributed by atoms with Crippen LogP contribution in [0.1, 0.15) is 17.3 Å². The molecule has 1 atom stereocenters. The molecule has 3 rings (SSSR count). The normalized spacial score (nSPS) is 12.3. The molecule has 0 amide bonds. The van der Waals surface area contributed by atoms with E-state index in [1.54, 1.807) is 24.7 Å². The first-order chi connectivity index (χ1) is 10.2. The van der Waals surface area contributed by atoms with E-state index in [-0.39, 0.29) is 11.9 Å². The van der Waals surface area contributed by atoms with Gasteiger partial charge in [-0.3, -0.25) is 0 Å². The monoisotopic (exact) mass is 281 g/mol. The minimum absolute atomic E-state index is 0.167. The second kappa shape index (κ2) is 5.89. The SMILES string of the molecule is N[C@H](Cc1ccccc1)c1cncn1-c1ccc(F)cc1. The second-order valence-electron chi connectivity index (χ2n) is 4.96. The fourth-order valence-corrected chi connectivity index (χ4v) is 2.37. The van der Waals surface area contributed by atoms with Crippen LogP contribution in [0.2, 0.25) is 0 Å². The van der Waals surface area contributed by atoms with Gasteiger partial charge in [0.2, 0.25) is 0 Å². The lowest BCUT2D eigenvalue weighted by Gasteiger charge is -2.15. The van der Waals surface area contributed by atoms with E-state index in [0.717, 1.165) is 17.8 Å². The van der Waals surface area contributed by atoms with E-state index in [1.807, 2.05) is 22.8 Å². The summed E-state index contributed by atoms with van der Waals surface area (Å²) in [6.45, 7) is 0. The molecule has 3 aromatic rings. The van der Waals surface area contributed by atoms with Crippen molar-refractivity contribution < 1.29 is 4.39 Å². The van der Waals surface area contributed by atoms with Gasteiger partial charge in [-0.25, -0.2) is 9.37 Å². The third-order valence-corrected chi connectivity index (χ3v) is 3.45. The van der Waals surface area contributed by atoms with Crippen LogP contribution in [0.25, 0.3) is 5.69 Å². The Morgan fingerprint density at radius 1 is 1.05 bits per heavy atom. The van der Waals surface area contributed by atoms with E-state index in [2.05, 4.69) is 17.1 Å². The Labute approximate surface area is 122 Å². The van der Waals surface area contributed by atoms with Crippen molar-refractivity contribution in [2.24, 2.45) is 5.73 Å². The molecule has 1 heterocycles. The van der Waals surface area contributed by atoms with E-state index in [1.165, 1.54) is 17.7 Å². The lowest BCUT2D eigenvalue weighted by molar-refractivity contribution is 0.626. The summed E-state index contributed by atoms with van der Waals surface area (Å²) in [7, 11) is 0. The summed E-state index contributed by atoms with van der Waals surface area (Å²) in [6.07, 6.45) is 4.19. The van der Waals surface area contributed by atoms with Crippen LogP contribution >= 0.6 is 0 Å². The van der Waals surface area contributed by atoms with Crippen molar-refractivity contribution in [3.8, 4) is 5.69 Å². The van der Waals surface area contributed by atoms with Crippen LogP contribution < -0.4 is 5.73 Å². The number of benzene rings is 2. The summed E-state index contributed by atoms with van der Waals surface area (Å²) in [5.41, 5.74) is 9.24. The molecule has 0 aliphatic rings. The fraction of sp³-hybridized carbons (Fsp3) is 0.118. The quantitative estimate of drug-likeness (QED) is 0.797. The predicted molar refractivity (Wildman–Crippen MR) is 80.6 cm³/mol. The molecule has 0 aliphatic carbocycles. The van der Waals surface area contributed by atoms with E-state index in [9.17, 15) is 4.39 Å². The highest BCUT2D eigenvalue weighted by Crippen LogP contribution is 2.19. The number of aromatic nitrogens is 2. The molecule has 0 saturated heterocycles. The van der Waals surface area contributed by atoms with Gasteiger partial charge >= 0.3 is 0 Å². The average molecular weight is 281 g/mol. The van der Waals surface area contributed by atoms with Gasteiger partial charge in [0.05, 0.1) is 24.3 Å². The molecule has 1 aromatic heterocycles. The molecule has 21 heavy (non-hydrogen) atoms. The van der Waals surface area contributed by atoms with Crippen molar-refractivity contribution in [3.05, 3.63) is 84.2 Å². The highest BCUT2D eigenvalue weighted by molar-refractivity contribution is 5.35. The number of halogens is 1. The predicted octanol–water partition coefficient (Wildman–Crippen LogP) is 3.25. The smallest absolute Gasteiger partial charge is 0.123 e. The fourth-order valence-electron chi connectivity index (χ4n) is 2.37. The zero-order valence-corrected chi connectivity index (χ0v) is 11.5. The Kier molecular flexibility index (Phi) is 3.79. The summed E-state index contributed by atoms with van der Waals surface area (Å²) >= 11 is 0. The van der Waals surface area contributed by atoms with E-state index < -0.39 is 0 Å². The average Bonchev–Trinajstić information content (AvgIpc) is 2.98. The van der Waals surface area contributed by atoms with Gasteiger partial charge < -0.3 is 10.3 Å². The number of nitrogens with zero attached hydrogens (tertiary/aromatic N) is 2. The molecular formula is C17H16FN3. The first-order valence-corrected chi connectivity index (χ1v) is 6.82. The largest absolute Gasteiger partial charge is 0.322 e. The molecule has 106 valence electrons. The maximum atomic E-state index is 13.0. The highest BCUT2D eigenvalue weighted by Gasteiger charge is 2.13. The summed E-state index contributed by atoms with van der Waals surface area (Å²) in [6, 6.07) is 16.2. The number of hydrogen-bond donors (Lipinski definition) is 1. The third kappa shape index (κ3) is 3.01. The number of nitrogens with two attached hydrogens (primary N) is 1. The van der Waals surface area contributed by atoms with Crippen LogP contribution in [-0.2, 0) is 6.42 Å². The second-order valence-corrected chi connectivity index (χ2v) is 4.96. The Bertz CT molecular complexity index is 704. The maximum absolute atomic E-state index is 13.0. The van der Waals surface area contributed by atoms with Gasteiger partial charge in [0.25, 0.3) is 0 Å². The van der Waals surface area contributed by atoms with E-state index >= 15 is 0 Å². The number of imidazole rings is 1. The first-order valence-electron chi connectivity index (χ1n) is 6.82. The van der Waals surface area contributed by atoms with Crippen LogP contribution in [-0.4, -0.2) is 9.55 Å². The molecule has 0 saturated carbocycles. The standard InChI is InChI=1S/C17H16FN3/c18-14-6-8-15(9-7-14)21-12-20-11-17(21)16(19)10-13-4-2-1-3-5-13/h1-9,11-12,16H,10,19H2/t16-/m1/s1. The molecule has 3 nitrogen and oxygen atoms in total. The molecule has 0 unspecified atom stereocenters. The summed E-state index contributed by atoms with van der Waals surface area (Å²) in [5, 5.41) is 0. The van der Waals surface area contributed by atoms with Crippen molar-refractivity contribution in [2.45, 2.75) is 12.5 Å². The van der Waals surface area contributed by atoms with Crippen molar-refractivity contribution in [1.82, 2.24) is 9.55 Å². The molecule has 0 fully saturated rings. The van der Waals surface area contributed by atoms with Crippen LogP contribution in [0.4, 0.5) is 4.39 Å². The Hall–Kier alpha value is -2.46. The van der Waals surface area contributed by atoms with Gasteiger partial charge in [-0.15, -0.1) is 0 Å². The van der Waals surface area contributed by atoms with Crippen LogP contribution in [0.3, 0.4) is 0 Å². The van der Waals surface area contributed by atoms with Gasteiger partial charge in [0, 0.05) is 5.69 Å². The molecule has 0 bridgehead atoms. The van der Waals surface area contributed by atoms with E-state index in [0.29, 0.717) is 0 Å². The zero-order valence-electron chi connectivity index (χ0n) is 11.5. The molecular weight excluding hydrogens is 265 g/mol. The first kappa shape index (κ1) is 13.5. The minimum Gasteiger partial charge on any atom is -0.322 e. The summed E-state index contributed by atoms with van der Waals surface area (Å²) in [4.78, 5) is 4.17. The molecule has 4 heteroatoms. The van der Waals surface area contributed by atoms with Crippen molar-refractivity contribution in [3.63, 3.8) is 0 Å². The van der Waals surface area contributed by atoms with Gasteiger partial charge in [0.1, 0.15) is 5.82 Å². The van der Waals surface area contributed by atoms with Gasteiger partial charge in [0.15, 0.2) is 0 Å². The molecule has 0 aliphatic heterocycles. The third-order valence-electron chi connectivity index (χ3n) is 3.45. The maximum Gasteiger partial charge on any atom is 0.123 e. The number of hydrogen-bond acceptors (Lipinski definition) is 2. The lowest BCUT2D eigenvalue weighted by atomic mass is 10.0. The lowest BCUT2D eigenvalue weighted by Crippen LogP contribution is -2.17. The Morgan fingerprint density at radius 2 is 1.76 bits per heavy atom. The van der Waals surface area contributed by atoms with Crippen LogP contribution in [0.5, 0.6) is 0 Å². The minimum atomic E-state index is -0.256. The van der Waals surface area contributed by atoms with Crippen molar-refractivity contribution in [1.29, 1.82) is 0 Å². The molecule has 0 spiro atoms. The summed E-state index contributed by atoms with van der Waals surface area (Å²) in [5.74, 6) is -0.256. The van der Waals surface area contributed by atoms with Crippen LogP contribution in [0.15, 0.2) is 67.1 Å². The Morgan fingerprint density at radius 3 is 2.48 bits per heavy atom. The molecule has 2 aromatic carbocycles. The van der Waals surface area contributed by atoms with Gasteiger partial charge in [-0.05, 0) is 36.2 Å². The molecule has 0 radical (unpaired) electrons. The zero-order chi connectivity index (χ0) is 14.7. The van der Waals surface area contributed by atoms with E-state index in [4.69, 9.17) is 5.73 Å². The Balaban J connectivity index is 1.86. The van der Waals surface area contributed by atoms with Crippen molar-refractivity contribution in [2.75, 3.05) is 0 Å². The number of rotatable bonds is 4. The summed E-state index contributed by atoms with van der Waals surface area (Å²) < 4.78 is 14.9. The van der Waals surface area contributed by atoms with Crippen LogP contribution in [0, 0.1) is 5.82 Å². The van der Waals surface area contributed by atoms with Gasteiger partial charge in [-0.2, -0.15) is 0 Å². The molecule has 2 N–H and O–H groups in total. The van der Waals surface area contributed by atoms with Gasteiger partial charge in [-0.1, -0.05) is 30.3 Å². The topological polar surface area (TPSA) is 43.8 Å². The van der Waals surface area contributed by atoms with Crippen molar-refractivity contribution >= 4 is 0 Å². The highest BCUT2D eigenvalue weighted by atomic mass is 19.1.